The highest BCUT2D eigenvalue weighted by molar-refractivity contribution is 9.10. The van der Waals surface area contributed by atoms with E-state index in [0.717, 1.165) is 28.1 Å². The summed E-state index contributed by atoms with van der Waals surface area (Å²) >= 11 is 3.50. The maximum atomic E-state index is 5.29. The van der Waals surface area contributed by atoms with E-state index < -0.39 is 0 Å². The van der Waals surface area contributed by atoms with Crippen LogP contribution in [0.3, 0.4) is 0 Å². The van der Waals surface area contributed by atoms with E-state index in [-0.39, 0.29) is 6.04 Å². The van der Waals surface area contributed by atoms with Crippen molar-refractivity contribution in [1.82, 2.24) is 5.32 Å². The summed E-state index contributed by atoms with van der Waals surface area (Å²) in [7, 11) is 3.33. The molecule has 0 saturated carbocycles. The average molecular weight is 350 g/mol. The van der Waals surface area contributed by atoms with Crippen LogP contribution in [-0.2, 0) is 6.54 Å². The van der Waals surface area contributed by atoms with Crippen LogP contribution in [0.25, 0.3) is 0 Å². The van der Waals surface area contributed by atoms with Gasteiger partial charge in [0.1, 0.15) is 11.5 Å². The predicted octanol–water partition coefficient (Wildman–Crippen LogP) is 4.32. The van der Waals surface area contributed by atoms with E-state index in [9.17, 15) is 0 Å². The first-order valence-electron chi connectivity index (χ1n) is 6.83. The Labute approximate surface area is 134 Å². The second kappa shape index (κ2) is 7.48. The zero-order valence-electron chi connectivity index (χ0n) is 12.5. The Morgan fingerprint density at radius 1 is 1.05 bits per heavy atom. The van der Waals surface area contributed by atoms with Gasteiger partial charge < -0.3 is 14.8 Å². The molecule has 0 heterocycles. The van der Waals surface area contributed by atoms with Crippen LogP contribution in [0.4, 0.5) is 0 Å². The Bertz CT molecular complexity index is 579. The van der Waals surface area contributed by atoms with E-state index in [1.54, 1.807) is 14.2 Å². The lowest BCUT2D eigenvalue weighted by Crippen LogP contribution is -2.18. The van der Waals surface area contributed by atoms with E-state index in [0.29, 0.717) is 0 Å². The Balaban J connectivity index is 2.05. The molecular weight excluding hydrogens is 330 g/mol. The highest BCUT2D eigenvalue weighted by Crippen LogP contribution is 2.23. The van der Waals surface area contributed by atoms with Gasteiger partial charge in [0.05, 0.1) is 14.2 Å². The summed E-state index contributed by atoms with van der Waals surface area (Å²) in [5.74, 6) is 1.61. The molecule has 0 fully saturated rings. The monoisotopic (exact) mass is 349 g/mol. The van der Waals surface area contributed by atoms with Crippen LogP contribution in [0.2, 0.25) is 0 Å². The zero-order chi connectivity index (χ0) is 15.2. The summed E-state index contributed by atoms with van der Waals surface area (Å²) in [6.07, 6.45) is 0. The molecule has 0 spiro atoms. The molecule has 3 nitrogen and oxygen atoms in total. The Kier molecular flexibility index (Phi) is 5.65. The molecule has 2 aromatic carbocycles. The zero-order valence-corrected chi connectivity index (χ0v) is 14.1. The van der Waals surface area contributed by atoms with Crippen molar-refractivity contribution in [3.63, 3.8) is 0 Å². The van der Waals surface area contributed by atoms with Gasteiger partial charge in [-0.25, -0.2) is 0 Å². The fourth-order valence-electron chi connectivity index (χ4n) is 2.13. The molecule has 0 aliphatic rings. The van der Waals surface area contributed by atoms with Crippen molar-refractivity contribution in [2.24, 2.45) is 0 Å². The SMILES string of the molecule is COc1cc(CNC(C)c2cccc(Br)c2)cc(OC)c1. The molecule has 0 aliphatic carbocycles. The van der Waals surface area contributed by atoms with Crippen molar-refractivity contribution >= 4 is 15.9 Å². The van der Waals surface area contributed by atoms with E-state index in [1.165, 1.54) is 5.56 Å². The van der Waals surface area contributed by atoms with Gasteiger partial charge in [-0.1, -0.05) is 28.1 Å². The van der Waals surface area contributed by atoms with Crippen molar-refractivity contribution in [2.45, 2.75) is 19.5 Å². The summed E-state index contributed by atoms with van der Waals surface area (Å²) in [6.45, 7) is 2.90. The minimum atomic E-state index is 0.264. The molecule has 0 amide bonds. The third kappa shape index (κ3) is 4.48. The van der Waals surface area contributed by atoms with Gasteiger partial charge in [-0.15, -0.1) is 0 Å². The fourth-order valence-corrected chi connectivity index (χ4v) is 2.55. The van der Waals surface area contributed by atoms with Gasteiger partial charge in [-0.05, 0) is 42.3 Å². The molecule has 112 valence electrons. The predicted molar refractivity (Wildman–Crippen MR) is 88.9 cm³/mol. The number of hydrogen-bond acceptors (Lipinski definition) is 3. The summed E-state index contributed by atoms with van der Waals surface area (Å²) in [5, 5.41) is 3.51. The van der Waals surface area contributed by atoms with Gasteiger partial charge in [-0.2, -0.15) is 0 Å². The van der Waals surface area contributed by atoms with Crippen LogP contribution in [0.1, 0.15) is 24.1 Å². The van der Waals surface area contributed by atoms with Crippen LogP contribution >= 0.6 is 15.9 Å². The topological polar surface area (TPSA) is 30.5 Å². The number of nitrogens with one attached hydrogen (secondary N) is 1. The highest BCUT2D eigenvalue weighted by atomic mass is 79.9. The fraction of sp³-hybridized carbons (Fsp3) is 0.294. The van der Waals surface area contributed by atoms with Crippen LogP contribution in [-0.4, -0.2) is 14.2 Å². The van der Waals surface area contributed by atoms with Gasteiger partial charge in [0, 0.05) is 23.1 Å². The van der Waals surface area contributed by atoms with Gasteiger partial charge in [0.15, 0.2) is 0 Å². The normalized spacial score (nSPS) is 12.0. The number of halogens is 1. The van der Waals surface area contributed by atoms with Gasteiger partial charge >= 0.3 is 0 Å². The van der Waals surface area contributed by atoms with Crippen LogP contribution < -0.4 is 14.8 Å². The lowest BCUT2D eigenvalue weighted by Gasteiger charge is -2.15. The summed E-state index contributed by atoms with van der Waals surface area (Å²) in [6, 6.07) is 14.5. The quantitative estimate of drug-likeness (QED) is 0.842. The first kappa shape index (κ1) is 15.9. The van der Waals surface area contributed by atoms with Crippen LogP contribution in [0, 0.1) is 0 Å². The molecule has 21 heavy (non-hydrogen) atoms. The lowest BCUT2D eigenvalue weighted by molar-refractivity contribution is 0.392. The molecule has 1 N–H and O–H groups in total. The molecule has 0 radical (unpaired) electrons. The van der Waals surface area contributed by atoms with Crippen molar-refractivity contribution in [3.05, 3.63) is 58.1 Å². The minimum absolute atomic E-state index is 0.264. The Hall–Kier alpha value is -1.52. The number of rotatable bonds is 6. The molecule has 2 rings (SSSR count). The maximum absolute atomic E-state index is 5.29. The number of ether oxygens (including phenoxy) is 2. The third-order valence-corrected chi connectivity index (χ3v) is 3.87. The van der Waals surface area contributed by atoms with Crippen molar-refractivity contribution < 1.29 is 9.47 Å². The second-order valence-corrected chi connectivity index (χ2v) is 5.79. The van der Waals surface area contributed by atoms with Crippen LogP contribution in [0.15, 0.2) is 46.9 Å². The lowest BCUT2D eigenvalue weighted by atomic mass is 10.1. The van der Waals surface area contributed by atoms with Crippen LogP contribution in [0.5, 0.6) is 11.5 Å². The average Bonchev–Trinajstić information content (AvgIpc) is 2.52. The van der Waals surface area contributed by atoms with Gasteiger partial charge in [0.25, 0.3) is 0 Å². The van der Waals surface area contributed by atoms with E-state index in [2.05, 4.69) is 40.3 Å². The maximum Gasteiger partial charge on any atom is 0.122 e. The highest BCUT2D eigenvalue weighted by Gasteiger charge is 2.07. The van der Waals surface area contributed by atoms with Crippen molar-refractivity contribution in [3.8, 4) is 11.5 Å². The standard InChI is InChI=1S/C17H20BrNO2/c1-12(14-5-4-6-15(18)9-14)19-11-13-7-16(20-2)10-17(8-13)21-3/h4-10,12,19H,11H2,1-3H3. The first-order valence-corrected chi connectivity index (χ1v) is 7.62. The van der Waals surface area contributed by atoms with Crippen molar-refractivity contribution in [1.29, 1.82) is 0 Å². The molecule has 0 saturated heterocycles. The molecule has 0 aromatic heterocycles. The molecular formula is C17H20BrNO2. The summed E-state index contributed by atoms with van der Waals surface area (Å²) in [5.41, 5.74) is 2.38. The second-order valence-electron chi connectivity index (χ2n) is 4.88. The van der Waals surface area contributed by atoms with Gasteiger partial charge in [-0.3, -0.25) is 0 Å². The van der Waals surface area contributed by atoms with Gasteiger partial charge in [0.2, 0.25) is 0 Å². The third-order valence-electron chi connectivity index (χ3n) is 3.37. The number of hydrogen-bond donors (Lipinski definition) is 1. The molecule has 0 bridgehead atoms. The summed E-state index contributed by atoms with van der Waals surface area (Å²) < 4.78 is 11.7. The first-order chi connectivity index (χ1) is 10.1. The Morgan fingerprint density at radius 2 is 1.71 bits per heavy atom. The molecule has 4 heteroatoms. The molecule has 1 atom stereocenters. The molecule has 2 aromatic rings. The number of benzene rings is 2. The smallest absolute Gasteiger partial charge is 0.122 e. The molecule has 0 aliphatic heterocycles. The van der Waals surface area contributed by atoms with E-state index >= 15 is 0 Å². The molecule has 1 unspecified atom stereocenters. The van der Waals surface area contributed by atoms with Crippen molar-refractivity contribution in [2.75, 3.05) is 14.2 Å². The van der Waals surface area contributed by atoms with E-state index in [4.69, 9.17) is 9.47 Å². The Morgan fingerprint density at radius 3 is 2.29 bits per heavy atom. The minimum Gasteiger partial charge on any atom is -0.497 e. The largest absolute Gasteiger partial charge is 0.497 e. The summed E-state index contributed by atoms with van der Waals surface area (Å²) in [4.78, 5) is 0. The van der Waals surface area contributed by atoms with E-state index in [1.807, 2.05) is 30.3 Å². The number of methoxy groups -OCH3 is 2.